The molecule has 1 amide bonds. The third kappa shape index (κ3) is 9.13. The molecule has 0 bridgehead atoms. The van der Waals surface area contributed by atoms with Crippen LogP contribution in [0.5, 0.6) is 0 Å². The molecule has 0 unspecified atom stereocenters. The quantitative estimate of drug-likeness (QED) is 0.244. The zero-order valence-electron chi connectivity index (χ0n) is 26.5. The summed E-state index contributed by atoms with van der Waals surface area (Å²) in [5.74, 6) is 1.05. The van der Waals surface area contributed by atoms with Crippen molar-refractivity contribution in [1.82, 2.24) is 25.1 Å². The van der Waals surface area contributed by atoms with Gasteiger partial charge < -0.3 is 15.2 Å². The minimum atomic E-state index is -0.0287. The molecule has 0 saturated carbocycles. The van der Waals surface area contributed by atoms with Crippen molar-refractivity contribution in [3.8, 4) is 6.07 Å². The van der Waals surface area contributed by atoms with Gasteiger partial charge in [0, 0.05) is 37.9 Å². The zero-order chi connectivity index (χ0) is 31.3. The normalized spacial score (nSPS) is 16.8. The maximum absolute atomic E-state index is 13.3. The summed E-state index contributed by atoms with van der Waals surface area (Å²) in [5, 5.41) is 15.6. The molecule has 7 heteroatoms. The van der Waals surface area contributed by atoms with Crippen molar-refractivity contribution in [2.24, 2.45) is 5.92 Å². The van der Waals surface area contributed by atoms with Gasteiger partial charge in [-0.3, -0.25) is 9.69 Å². The van der Waals surface area contributed by atoms with E-state index in [-0.39, 0.29) is 17.9 Å². The molecule has 2 saturated heterocycles. The Morgan fingerprint density at radius 3 is 2.20 bits per heavy atom. The Bertz CT molecular complexity index is 1450. The minimum Gasteiger partial charge on any atom is -0.355 e. The molecule has 7 nitrogen and oxygen atoms in total. The van der Waals surface area contributed by atoms with E-state index in [9.17, 15) is 4.79 Å². The number of benzene rings is 3. The van der Waals surface area contributed by atoms with Gasteiger partial charge in [-0.1, -0.05) is 79.2 Å². The lowest BCUT2D eigenvalue weighted by Gasteiger charge is -2.38. The standard InChI is InChI=1S/C33H35N5O.C5H11N/c1-25-36-22-31(38(25)23-27-16-14-26(21-34)15-17-27)18-19-35-33(39)30-13-8-20-37(24-30)32(28-9-4-2-5-10-28)29-11-6-3-7-12-29;1-2-4-6-5-3-1/h2-7,9-12,14-17,22,30,32H,8,13,18-20,23-24H2,1H3,(H,35,39);6H,1-5H2/t30-;/m0./s1. The molecule has 2 aliphatic rings. The van der Waals surface area contributed by atoms with Crippen LogP contribution < -0.4 is 10.6 Å². The predicted octanol–water partition coefficient (Wildman–Crippen LogP) is 6.03. The molecule has 3 aromatic carbocycles. The third-order valence-electron chi connectivity index (χ3n) is 8.87. The van der Waals surface area contributed by atoms with Gasteiger partial charge >= 0.3 is 0 Å². The van der Waals surface area contributed by atoms with E-state index >= 15 is 0 Å². The lowest BCUT2D eigenvalue weighted by molar-refractivity contribution is -0.126. The highest BCUT2D eigenvalue weighted by atomic mass is 16.1. The molecule has 1 aromatic heterocycles. The number of nitrogens with one attached hydrogen (secondary N) is 2. The Hall–Kier alpha value is -4.25. The van der Waals surface area contributed by atoms with Crippen molar-refractivity contribution in [1.29, 1.82) is 5.26 Å². The number of nitriles is 1. The number of nitrogens with zero attached hydrogens (tertiary/aromatic N) is 4. The highest BCUT2D eigenvalue weighted by Gasteiger charge is 2.31. The summed E-state index contributed by atoms with van der Waals surface area (Å²) >= 11 is 0. The van der Waals surface area contributed by atoms with Crippen molar-refractivity contribution in [2.75, 3.05) is 32.7 Å². The lowest BCUT2D eigenvalue weighted by atomic mass is 9.91. The second kappa shape index (κ2) is 16.7. The van der Waals surface area contributed by atoms with Gasteiger partial charge in [-0.05, 0) is 81.1 Å². The fourth-order valence-electron chi connectivity index (χ4n) is 6.40. The number of likely N-dealkylation sites (tertiary alicyclic amines) is 1. The number of piperidine rings is 2. The molecular formula is C38H46N6O. The van der Waals surface area contributed by atoms with Crippen molar-refractivity contribution < 1.29 is 4.79 Å². The van der Waals surface area contributed by atoms with Gasteiger partial charge in [0.25, 0.3) is 0 Å². The fraction of sp³-hybridized carbons (Fsp3) is 0.395. The van der Waals surface area contributed by atoms with E-state index in [1.807, 2.05) is 37.4 Å². The number of carbonyl (C=O) groups is 1. The van der Waals surface area contributed by atoms with E-state index in [1.165, 1.54) is 43.5 Å². The summed E-state index contributed by atoms with van der Waals surface area (Å²) in [6.45, 7) is 7.49. The molecular weight excluding hydrogens is 556 g/mol. The van der Waals surface area contributed by atoms with Gasteiger partial charge in [0.05, 0.1) is 23.6 Å². The number of amides is 1. The summed E-state index contributed by atoms with van der Waals surface area (Å²) in [6.07, 6.45) is 8.75. The van der Waals surface area contributed by atoms with Gasteiger partial charge in [-0.15, -0.1) is 0 Å². The van der Waals surface area contributed by atoms with Crippen LogP contribution in [0.15, 0.2) is 91.1 Å². The molecule has 45 heavy (non-hydrogen) atoms. The van der Waals surface area contributed by atoms with Crippen LogP contribution in [0.25, 0.3) is 0 Å². The van der Waals surface area contributed by atoms with Crippen LogP contribution in [0.2, 0.25) is 0 Å². The van der Waals surface area contributed by atoms with Gasteiger partial charge in [0.2, 0.25) is 5.91 Å². The number of hydrogen-bond donors (Lipinski definition) is 2. The number of carbonyl (C=O) groups excluding carboxylic acids is 1. The molecule has 2 aliphatic heterocycles. The van der Waals surface area contributed by atoms with Gasteiger partial charge in [-0.25, -0.2) is 4.98 Å². The molecule has 234 valence electrons. The van der Waals surface area contributed by atoms with Crippen molar-refractivity contribution in [3.05, 3.63) is 125 Å². The SMILES string of the molecule is C1CCNCC1.Cc1ncc(CCNC(=O)[C@H]2CCCN(C(c3ccccc3)c3ccccc3)C2)n1Cc1ccc(C#N)cc1. The molecule has 6 rings (SSSR count). The number of imidazole rings is 1. The van der Waals surface area contributed by atoms with Crippen LogP contribution in [0.4, 0.5) is 0 Å². The summed E-state index contributed by atoms with van der Waals surface area (Å²) < 4.78 is 2.18. The van der Waals surface area contributed by atoms with Crippen LogP contribution in [0, 0.1) is 24.2 Å². The van der Waals surface area contributed by atoms with E-state index in [4.69, 9.17) is 5.26 Å². The van der Waals surface area contributed by atoms with E-state index in [0.717, 1.165) is 49.4 Å². The molecule has 2 N–H and O–H groups in total. The molecule has 0 spiro atoms. The summed E-state index contributed by atoms with van der Waals surface area (Å²) in [4.78, 5) is 20.3. The average Bonchev–Trinajstić information content (AvgIpc) is 3.45. The van der Waals surface area contributed by atoms with Gasteiger partial charge in [0.1, 0.15) is 5.82 Å². The maximum atomic E-state index is 13.3. The number of aromatic nitrogens is 2. The lowest BCUT2D eigenvalue weighted by Crippen LogP contribution is -2.45. The van der Waals surface area contributed by atoms with Crippen molar-refractivity contribution in [2.45, 2.75) is 58.0 Å². The fourth-order valence-corrected chi connectivity index (χ4v) is 6.40. The predicted molar refractivity (Wildman–Crippen MR) is 180 cm³/mol. The van der Waals surface area contributed by atoms with Crippen LogP contribution in [-0.2, 0) is 17.8 Å². The second-order valence-corrected chi connectivity index (χ2v) is 12.1. The third-order valence-corrected chi connectivity index (χ3v) is 8.87. The smallest absolute Gasteiger partial charge is 0.224 e. The summed E-state index contributed by atoms with van der Waals surface area (Å²) in [6, 6.07) is 31.2. The molecule has 2 fully saturated rings. The van der Waals surface area contributed by atoms with Crippen molar-refractivity contribution in [3.63, 3.8) is 0 Å². The Kier molecular flexibility index (Phi) is 11.9. The zero-order valence-corrected chi connectivity index (χ0v) is 26.5. The van der Waals surface area contributed by atoms with E-state index < -0.39 is 0 Å². The molecule has 4 aromatic rings. The minimum absolute atomic E-state index is 0.0287. The van der Waals surface area contributed by atoms with E-state index in [0.29, 0.717) is 18.7 Å². The molecule has 3 heterocycles. The first-order valence-electron chi connectivity index (χ1n) is 16.4. The molecule has 0 aliphatic carbocycles. The topological polar surface area (TPSA) is 86.0 Å². The Labute approximate surface area is 268 Å². The highest BCUT2D eigenvalue weighted by Crippen LogP contribution is 2.32. The van der Waals surface area contributed by atoms with E-state index in [1.54, 1.807) is 0 Å². The first-order chi connectivity index (χ1) is 22.1. The largest absolute Gasteiger partial charge is 0.355 e. The number of aryl methyl sites for hydroxylation is 1. The highest BCUT2D eigenvalue weighted by molar-refractivity contribution is 5.79. The van der Waals surface area contributed by atoms with Crippen LogP contribution in [-0.4, -0.2) is 53.1 Å². The monoisotopic (exact) mass is 602 g/mol. The van der Waals surface area contributed by atoms with E-state index in [2.05, 4.69) is 91.8 Å². The number of hydrogen-bond acceptors (Lipinski definition) is 5. The van der Waals surface area contributed by atoms with Crippen molar-refractivity contribution >= 4 is 5.91 Å². The Balaban J connectivity index is 0.000000598. The van der Waals surface area contributed by atoms with Crippen LogP contribution >= 0.6 is 0 Å². The number of rotatable bonds is 9. The Morgan fingerprint density at radius 2 is 1.62 bits per heavy atom. The average molecular weight is 603 g/mol. The molecule has 0 radical (unpaired) electrons. The van der Waals surface area contributed by atoms with Gasteiger partial charge in [-0.2, -0.15) is 5.26 Å². The van der Waals surface area contributed by atoms with Gasteiger partial charge in [0.15, 0.2) is 0 Å². The Morgan fingerprint density at radius 1 is 0.956 bits per heavy atom. The second-order valence-electron chi connectivity index (χ2n) is 12.1. The van der Waals surface area contributed by atoms with Crippen LogP contribution in [0.3, 0.4) is 0 Å². The first kappa shape index (κ1) is 32.2. The molecule has 1 atom stereocenters. The summed E-state index contributed by atoms with van der Waals surface area (Å²) in [5.41, 5.74) is 5.39. The first-order valence-corrected chi connectivity index (χ1v) is 16.4. The maximum Gasteiger partial charge on any atom is 0.224 e. The van der Waals surface area contributed by atoms with Crippen LogP contribution in [0.1, 0.15) is 71.9 Å². The summed E-state index contributed by atoms with van der Waals surface area (Å²) in [7, 11) is 0.